The minimum atomic E-state index is -3.81. The Bertz CT molecular complexity index is 1080. The first-order valence-corrected chi connectivity index (χ1v) is 9.51. The Morgan fingerprint density at radius 2 is 1.69 bits per heavy atom. The number of amides is 1. The fourth-order valence-electron chi connectivity index (χ4n) is 3.03. The fraction of sp³-hybridized carbons (Fsp3) is 0.158. The van der Waals surface area contributed by atoms with Gasteiger partial charge < -0.3 is 5.32 Å². The maximum absolute atomic E-state index is 13.0. The number of nitrogens with one attached hydrogen (secondary N) is 2. The smallest absolute Gasteiger partial charge is 0.262 e. The molecule has 0 atom stereocenters. The topological polar surface area (TPSA) is 88.2 Å². The quantitative estimate of drug-likeness (QED) is 0.735. The van der Waals surface area contributed by atoms with Crippen LogP contribution in [0, 0.1) is 13.8 Å². The van der Waals surface area contributed by atoms with Crippen LogP contribution in [0.1, 0.15) is 18.1 Å². The number of sulfonamides is 1. The third-order valence-corrected chi connectivity index (χ3v) is 5.60. The molecule has 2 aromatic carbocycles. The highest BCUT2D eigenvalue weighted by Gasteiger charge is 2.21. The van der Waals surface area contributed by atoms with Crippen LogP contribution in [0.4, 0.5) is 11.4 Å². The van der Waals surface area contributed by atoms with Crippen molar-refractivity contribution in [3.05, 3.63) is 59.8 Å². The standard InChI is InChI=1S/C19H19N3O3S/c1-12-10-16(21-14(3)23)11-13(2)19(12)26(24,25)22-17-8-4-6-15-7-5-9-20-18(15)17/h4-11,22H,1-3H3,(H,21,23). The number of nitrogens with zero attached hydrogens (tertiary/aromatic N) is 1. The van der Waals surface area contributed by atoms with Crippen molar-refractivity contribution in [2.75, 3.05) is 10.0 Å². The summed E-state index contributed by atoms with van der Waals surface area (Å²) in [6.07, 6.45) is 1.62. The zero-order chi connectivity index (χ0) is 18.9. The molecule has 0 saturated heterocycles. The van der Waals surface area contributed by atoms with Gasteiger partial charge in [-0.05, 0) is 49.2 Å². The lowest BCUT2D eigenvalue weighted by Gasteiger charge is -2.15. The van der Waals surface area contributed by atoms with E-state index < -0.39 is 10.0 Å². The molecule has 0 aliphatic rings. The van der Waals surface area contributed by atoms with Crippen LogP contribution in [-0.2, 0) is 14.8 Å². The Kier molecular flexibility index (Phi) is 4.65. The molecular formula is C19H19N3O3S. The van der Waals surface area contributed by atoms with E-state index >= 15 is 0 Å². The number of pyridine rings is 1. The molecule has 0 spiro atoms. The number of rotatable bonds is 4. The van der Waals surface area contributed by atoms with Crippen molar-refractivity contribution in [2.45, 2.75) is 25.7 Å². The van der Waals surface area contributed by atoms with Crippen LogP contribution in [0.2, 0.25) is 0 Å². The van der Waals surface area contributed by atoms with Gasteiger partial charge in [-0.15, -0.1) is 0 Å². The second kappa shape index (κ2) is 6.76. The molecular weight excluding hydrogens is 350 g/mol. The van der Waals surface area contributed by atoms with Crippen molar-refractivity contribution >= 4 is 38.2 Å². The Morgan fingerprint density at radius 3 is 2.35 bits per heavy atom. The number of para-hydroxylation sites is 1. The summed E-state index contributed by atoms with van der Waals surface area (Å²) in [5.41, 5.74) is 2.68. The third-order valence-electron chi connectivity index (χ3n) is 3.93. The highest BCUT2D eigenvalue weighted by atomic mass is 32.2. The van der Waals surface area contributed by atoms with Gasteiger partial charge in [0.1, 0.15) is 0 Å². The summed E-state index contributed by atoms with van der Waals surface area (Å²) in [7, 11) is -3.81. The van der Waals surface area contributed by atoms with Crippen LogP contribution in [-0.4, -0.2) is 19.3 Å². The number of fused-ring (bicyclic) bond motifs is 1. The van der Waals surface area contributed by atoms with Crippen LogP contribution >= 0.6 is 0 Å². The zero-order valence-electron chi connectivity index (χ0n) is 14.7. The van der Waals surface area contributed by atoms with Crippen molar-refractivity contribution in [1.82, 2.24) is 4.98 Å². The monoisotopic (exact) mass is 369 g/mol. The molecule has 0 unspecified atom stereocenters. The van der Waals surface area contributed by atoms with Crippen molar-refractivity contribution in [3.63, 3.8) is 0 Å². The van der Waals surface area contributed by atoms with Gasteiger partial charge >= 0.3 is 0 Å². The summed E-state index contributed by atoms with van der Waals surface area (Å²) >= 11 is 0. The number of hydrogen-bond acceptors (Lipinski definition) is 4. The number of anilines is 2. The number of aromatic nitrogens is 1. The molecule has 0 radical (unpaired) electrons. The zero-order valence-corrected chi connectivity index (χ0v) is 15.5. The van der Waals surface area contributed by atoms with Gasteiger partial charge in [-0.1, -0.05) is 18.2 Å². The van der Waals surface area contributed by atoms with Crippen LogP contribution in [0.15, 0.2) is 53.6 Å². The normalized spacial score (nSPS) is 11.3. The molecule has 0 bridgehead atoms. The summed E-state index contributed by atoms with van der Waals surface area (Å²) in [5, 5.41) is 3.52. The summed E-state index contributed by atoms with van der Waals surface area (Å²) < 4.78 is 28.6. The predicted molar refractivity (Wildman–Crippen MR) is 103 cm³/mol. The Hall–Kier alpha value is -2.93. The van der Waals surface area contributed by atoms with Gasteiger partial charge in [0.15, 0.2) is 0 Å². The van der Waals surface area contributed by atoms with Gasteiger partial charge in [-0.25, -0.2) is 8.42 Å². The molecule has 1 aromatic heterocycles. The van der Waals surface area contributed by atoms with Crippen LogP contribution in [0.3, 0.4) is 0 Å². The van der Waals surface area contributed by atoms with E-state index in [-0.39, 0.29) is 10.8 Å². The second-order valence-electron chi connectivity index (χ2n) is 6.11. The predicted octanol–water partition coefficient (Wildman–Crippen LogP) is 3.61. The SMILES string of the molecule is CC(=O)Nc1cc(C)c(S(=O)(=O)Nc2cccc3cccnc23)c(C)c1. The molecule has 0 fully saturated rings. The van der Waals surface area contributed by atoms with Crippen molar-refractivity contribution in [1.29, 1.82) is 0 Å². The highest BCUT2D eigenvalue weighted by Crippen LogP contribution is 2.28. The lowest BCUT2D eigenvalue weighted by Crippen LogP contribution is -2.17. The highest BCUT2D eigenvalue weighted by molar-refractivity contribution is 7.92. The number of aryl methyl sites for hydroxylation is 2. The average molecular weight is 369 g/mol. The maximum Gasteiger partial charge on any atom is 0.262 e. The van der Waals surface area contributed by atoms with Crippen LogP contribution in [0.5, 0.6) is 0 Å². The van der Waals surface area contributed by atoms with Crippen LogP contribution in [0.25, 0.3) is 10.9 Å². The first kappa shape index (κ1) is 17.9. The van der Waals surface area contributed by atoms with Gasteiger partial charge in [0, 0.05) is 24.2 Å². The molecule has 0 aliphatic heterocycles. The van der Waals surface area contributed by atoms with E-state index in [9.17, 15) is 13.2 Å². The summed E-state index contributed by atoms with van der Waals surface area (Å²) in [5.74, 6) is -0.209. The number of carbonyl (C=O) groups excluding carboxylic acids is 1. The van der Waals surface area contributed by atoms with Crippen molar-refractivity contribution in [3.8, 4) is 0 Å². The second-order valence-corrected chi connectivity index (χ2v) is 7.73. The molecule has 1 amide bonds. The molecule has 26 heavy (non-hydrogen) atoms. The van der Waals surface area contributed by atoms with E-state index in [2.05, 4.69) is 15.0 Å². The Balaban J connectivity index is 2.04. The van der Waals surface area contributed by atoms with Crippen molar-refractivity contribution < 1.29 is 13.2 Å². The largest absolute Gasteiger partial charge is 0.326 e. The molecule has 6 nitrogen and oxygen atoms in total. The Labute approximate surface area is 152 Å². The van der Waals surface area contributed by atoms with Crippen LogP contribution < -0.4 is 10.0 Å². The molecule has 134 valence electrons. The molecule has 0 aliphatic carbocycles. The van der Waals surface area contributed by atoms with Gasteiger partial charge in [-0.3, -0.25) is 14.5 Å². The third kappa shape index (κ3) is 3.52. The van der Waals surface area contributed by atoms with E-state index in [1.165, 1.54) is 6.92 Å². The fourth-order valence-corrected chi connectivity index (χ4v) is 4.55. The summed E-state index contributed by atoms with van der Waals surface area (Å²) in [4.78, 5) is 15.7. The van der Waals surface area contributed by atoms with Gasteiger partial charge in [-0.2, -0.15) is 0 Å². The minimum Gasteiger partial charge on any atom is -0.326 e. The first-order chi connectivity index (χ1) is 12.3. The molecule has 1 heterocycles. The van der Waals surface area contributed by atoms with E-state index in [0.29, 0.717) is 28.0 Å². The average Bonchev–Trinajstić information content (AvgIpc) is 2.53. The number of carbonyl (C=O) groups is 1. The van der Waals surface area contributed by atoms with E-state index in [0.717, 1.165) is 5.39 Å². The maximum atomic E-state index is 13.0. The molecule has 3 rings (SSSR count). The van der Waals surface area contributed by atoms with E-state index in [4.69, 9.17) is 0 Å². The summed E-state index contributed by atoms with van der Waals surface area (Å²) in [6.45, 7) is 4.81. The van der Waals surface area contributed by atoms with E-state index in [1.807, 2.05) is 12.1 Å². The minimum absolute atomic E-state index is 0.194. The van der Waals surface area contributed by atoms with Gasteiger partial charge in [0.25, 0.3) is 10.0 Å². The van der Waals surface area contributed by atoms with E-state index in [1.54, 1.807) is 50.4 Å². The molecule has 0 saturated carbocycles. The number of hydrogen-bond donors (Lipinski definition) is 2. The lowest BCUT2D eigenvalue weighted by atomic mass is 10.1. The molecule has 7 heteroatoms. The first-order valence-electron chi connectivity index (χ1n) is 8.03. The summed E-state index contributed by atoms with van der Waals surface area (Å²) in [6, 6.07) is 12.3. The molecule has 2 N–H and O–H groups in total. The number of benzene rings is 2. The van der Waals surface area contributed by atoms with Gasteiger partial charge in [0.2, 0.25) is 5.91 Å². The van der Waals surface area contributed by atoms with Crippen molar-refractivity contribution in [2.24, 2.45) is 0 Å². The Morgan fingerprint density at radius 1 is 1.04 bits per heavy atom. The lowest BCUT2D eigenvalue weighted by molar-refractivity contribution is -0.114. The van der Waals surface area contributed by atoms with Gasteiger partial charge in [0.05, 0.1) is 16.1 Å². The molecule has 3 aromatic rings.